The minimum atomic E-state index is -0.117. The molecule has 2 N–H and O–H groups in total. The highest BCUT2D eigenvalue weighted by Crippen LogP contribution is 2.30. The van der Waals surface area contributed by atoms with Crippen molar-refractivity contribution in [3.63, 3.8) is 0 Å². The summed E-state index contributed by atoms with van der Waals surface area (Å²) in [7, 11) is 3.41. The van der Waals surface area contributed by atoms with E-state index in [1.807, 2.05) is 31.2 Å². The molecule has 20 heavy (non-hydrogen) atoms. The van der Waals surface area contributed by atoms with E-state index in [1.165, 1.54) is 4.90 Å². The van der Waals surface area contributed by atoms with Gasteiger partial charge in [-0.15, -0.1) is 0 Å². The maximum atomic E-state index is 12.2. The van der Waals surface area contributed by atoms with Gasteiger partial charge in [-0.25, -0.2) is 0 Å². The Labute approximate surface area is 118 Å². The molecule has 0 unspecified atom stereocenters. The molecule has 4 heteroatoms. The standard InChI is InChI=1S/C16H18N2O2/c1-11-6-4-5-7-14(11)20-15-10-12(17)8-9-13(15)16(19)18(2)3/h4-10H,17H2,1-3H3. The Morgan fingerprint density at radius 2 is 1.80 bits per heavy atom. The van der Waals surface area contributed by atoms with Gasteiger partial charge >= 0.3 is 0 Å². The van der Waals surface area contributed by atoms with Crippen LogP contribution in [-0.4, -0.2) is 24.9 Å². The van der Waals surface area contributed by atoms with Crippen LogP contribution in [0.3, 0.4) is 0 Å². The first-order chi connectivity index (χ1) is 9.49. The molecule has 0 radical (unpaired) electrons. The van der Waals surface area contributed by atoms with Crippen LogP contribution in [0, 0.1) is 6.92 Å². The lowest BCUT2D eigenvalue weighted by Gasteiger charge is -2.16. The fourth-order valence-corrected chi connectivity index (χ4v) is 1.83. The first-order valence-corrected chi connectivity index (χ1v) is 6.33. The molecular formula is C16H18N2O2. The zero-order valence-corrected chi connectivity index (χ0v) is 11.9. The van der Waals surface area contributed by atoms with Gasteiger partial charge in [0, 0.05) is 25.8 Å². The number of carbonyl (C=O) groups excluding carboxylic acids is 1. The molecule has 0 fully saturated rings. The molecule has 4 nitrogen and oxygen atoms in total. The van der Waals surface area contributed by atoms with E-state index in [1.54, 1.807) is 32.3 Å². The van der Waals surface area contributed by atoms with Gasteiger partial charge in [-0.05, 0) is 30.7 Å². The third-order valence-corrected chi connectivity index (χ3v) is 2.96. The zero-order valence-electron chi connectivity index (χ0n) is 11.9. The predicted molar refractivity (Wildman–Crippen MR) is 80.1 cm³/mol. The van der Waals surface area contributed by atoms with Gasteiger partial charge in [0.1, 0.15) is 11.5 Å². The molecular weight excluding hydrogens is 252 g/mol. The van der Waals surface area contributed by atoms with Crippen molar-refractivity contribution in [2.45, 2.75) is 6.92 Å². The first-order valence-electron chi connectivity index (χ1n) is 6.33. The summed E-state index contributed by atoms with van der Waals surface area (Å²) in [6.45, 7) is 1.95. The van der Waals surface area contributed by atoms with Crippen LogP contribution in [0.2, 0.25) is 0 Å². The summed E-state index contributed by atoms with van der Waals surface area (Å²) in [6, 6.07) is 12.7. The molecule has 0 aliphatic rings. The largest absolute Gasteiger partial charge is 0.456 e. The fraction of sp³-hybridized carbons (Fsp3) is 0.188. The summed E-state index contributed by atoms with van der Waals surface area (Å²) >= 11 is 0. The molecule has 0 bridgehead atoms. The van der Waals surface area contributed by atoms with Gasteiger partial charge in [0.05, 0.1) is 5.56 Å². The molecule has 104 valence electrons. The zero-order chi connectivity index (χ0) is 14.7. The minimum Gasteiger partial charge on any atom is -0.456 e. The molecule has 0 saturated heterocycles. The lowest BCUT2D eigenvalue weighted by Crippen LogP contribution is -2.22. The van der Waals surface area contributed by atoms with E-state index in [0.29, 0.717) is 22.7 Å². The van der Waals surface area contributed by atoms with Crippen LogP contribution in [0.1, 0.15) is 15.9 Å². The summed E-state index contributed by atoms with van der Waals surface area (Å²) in [5.74, 6) is 1.07. The molecule has 0 heterocycles. The Balaban J connectivity index is 2.43. The van der Waals surface area contributed by atoms with Gasteiger partial charge in [-0.1, -0.05) is 18.2 Å². The smallest absolute Gasteiger partial charge is 0.257 e. The van der Waals surface area contributed by atoms with E-state index in [0.717, 1.165) is 5.56 Å². The summed E-state index contributed by atoms with van der Waals surface area (Å²) < 4.78 is 5.86. The minimum absolute atomic E-state index is 0.117. The Bertz CT molecular complexity index is 636. The molecule has 2 aromatic rings. The Morgan fingerprint density at radius 1 is 1.10 bits per heavy atom. The topological polar surface area (TPSA) is 55.6 Å². The van der Waals surface area contributed by atoms with Gasteiger partial charge in [0.25, 0.3) is 5.91 Å². The van der Waals surface area contributed by atoms with Crippen LogP contribution in [0.25, 0.3) is 0 Å². The number of aryl methyl sites for hydroxylation is 1. The number of amides is 1. The van der Waals surface area contributed by atoms with Gasteiger partial charge in [-0.2, -0.15) is 0 Å². The third kappa shape index (κ3) is 2.91. The molecule has 0 atom stereocenters. The highest BCUT2D eigenvalue weighted by Gasteiger charge is 2.15. The summed E-state index contributed by atoms with van der Waals surface area (Å²) in [6.07, 6.45) is 0. The monoisotopic (exact) mass is 270 g/mol. The quantitative estimate of drug-likeness (QED) is 0.872. The molecule has 1 amide bonds. The summed E-state index contributed by atoms with van der Waals surface area (Å²) in [5.41, 5.74) is 7.84. The van der Waals surface area contributed by atoms with E-state index in [-0.39, 0.29) is 5.91 Å². The second-order valence-corrected chi connectivity index (χ2v) is 4.82. The molecule has 0 spiro atoms. The number of hydrogen-bond acceptors (Lipinski definition) is 3. The molecule has 0 aliphatic carbocycles. The van der Waals surface area contributed by atoms with E-state index in [2.05, 4.69) is 0 Å². The highest BCUT2D eigenvalue weighted by atomic mass is 16.5. The third-order valence-electron chi connectivity index (χ3n) is 2.96. The van der Waals surface area contributed by atoms with Crippen molar-refractivity contribution in [2.75, 3.05) is 19.8 Å². The van der Waals surface area contributed by atoms with E-state index < -0.39 is 0 Å². The van der Waals surface area contributed by atoms with Crippen LogP contribution < -0.4 is 10.5 Å². The second-order valence-electron chi connectivity index (χ2n) is 4.82. The predicted octanol–water partition coefficient (Wildman–Crippen LogP) is 3.07. The van der Waals surface area contributed by atoms with Gasteiger partial charge in [-0.3, -0.25) is 4.79 Å². The number of carbonyl (C=O) groups is 1. The van der Waals surface area contributed by atoms with Crippen molar-refractivity contribution in [1.82, 2.24) is 4.90 Å². The van der Waals surface area contributed by atoms with Crippen molar-refractivity contribution in [2.24, 2.45) is 0 Å². The number of benzene rings is 2. The van der Waals surface area contributed by atoms with Gasteiger partial charge in [0.15, 0.2) is 0 Å². The number of nitrogen functional groups attached to an aromatic ring is 1. The number of hydrogen-bond donors (Lipinski definition) is 1. The Hall–Kier alpha value is -2.49. The van der Waals surface area contributed by atoms with Crippen LogP contribution in [-0.2, 0) is 0 Å². The fourth-order valence-electron chi connectivity index (χ4n) is 1.83. The van der Waals surface area contributed by atoms with Gasteiger partial charge < -0.3 is 15.4 Å². The average molecular weight is 270 g/mol. The summed E-state index contributed by atoms with van der Waals surface area (Å²) in [4.78, 5) is 13.7. The lowest BCUT2D eigenvalue weighted by atomic mass is 10.1. The average Bonchev–Trinajstić information content (AvgIpc) is 2.41. The van der Waals surface area contributed by atoms with E-state index in [9.17, 15) is 4.79 Å². The molecule has 2 aromatic carbocycles. The van der Waals surface area contributed by atoms with Crippen molar-refractivity contribution in [3.05, 3.63) is 53.6 Å². The van der Waals surface area contributed by atoms with Crippen molar-refractivity contribution >= 4 is 11.6 Å². The number of para-hydroxylation sites is 1. The molecule has 0 aliphatic heterocycles. The van der Waals surface area contributed by atoms with Crippen molar-refractivity contribution in [1.29, 1.82) is 0 Å². The number of nitrogens with zero attached hydrogens (tertiary/aromatic N) is 1. The highest BCUT2D eigenvalue weighted by molar-refractivity contribution is 5.97. The lowest BCUT2D eigenvalue weighted by molar-refractivity contribution is 0.0825. The van der Waals surface area contributed by atoms with Gasteiger partial charge in [0.2, 0.25) is 0 Å². The van der Waals surface area contributed by atoms with E-state index in [4.69, 9.17) is 10.5 Å². The number of rotatable bonds is 3. The molecule has 0 aromatic heterocycles. The molecule has 0 saturated carbocycles. The SMILES string of the molecule is Cc1ccccc1Oc1cc(N)ccc1C(=O)N(C)C. The van der Waals surface area contributed by atoms with Crippen LogP contribution in [0.5, 0.6) is 11.5 Å². The maximum absolute atomic E-state index is 12.2. The second kappa shape index (κ2) is 5.65. The van der Waals surface area contributed by atoms with Crippen LogP contribution in [0.4, 0.5) is 5.69 Å². The van der Waals surface area contributed by atoms with Crippen molar-refractivity contribution in [3.8, 4) is 11.5 Å². The normalized spacial score (nSPS) is 10.2. The van der Waals surface area contributed by atoms with Crippen LogP contribution >= 0.6 is 0 Å². The number of anilines is 1. The van der Waals surface area contributed by atoms with Crippen LogP contribution in [0.15, 0.2) is 42.5 Å². The maximum Gasteiger partial charge on any atom is 0.257 e. The number of nitrogens with two attached hydrogens (primary N) is 1. The van der Waals surface area contributed by atoms with Crippen molar-refractivity contribution < 1.29 is 9.53 Å². The molecule has 2 rings (SSSR count). The Kier molecular flexibility index (Phi) is 3.94. The summed E-state index contributed by atoms with van der Waals surface area (Å²) in [5, 5.41) is 0. The van der Waals surface area contributed by atoms with E-state index >= 15 is 0 Å². The Morgan fingerprint density at radius 3 is 2.45 bits per heavy atom. The first kappa shape index (κ1) is 13.9. The number of ether oxygens (including phenoxy) is 1.